The highest BCUT2D eigenvalue weighted by molar-refractivity contribution is 6.33. The zero-order valence-electron chi connectivity index (χ0n) is 8.63. The molecule has 2 aromatic rings. The number of nitrogens with one attached hydrogen (secondary N) is 1. The number of hydrogen-bond donors (Lipinski definition) is 2. The molecule has 3 nitrogen and oxygen atoms in total. The molecule has 0 saturated carbocycles. The van der Waals surface area contributed by atoms with Crippen molar-refractivity contribution in [3.63, 3.8) is 0 Å². The molecule has 0 amide bonds. The van der Waals surface area contributed by atoms with Crippen molar-refractivity contribution in [2.75, 3.05) is 5.73 Å². The summed E-state index contributed by atoms with van der Waals surface area (Å²) < 4.78 is 0. The zero-order chi connectivity index (χ0) is 11.0. The van der Waals surface area contributed by atoms with Gasteiger partial charge in [0.25, 0.3) is 0 Å². The minimum atomic E-state index is 0.474. The first-order chi connectivity index (χ1) is 7.09. The van der Waals surface area contributed by atoms with Gasteiger partial charge in [0.15, 0.2) is 0 Å². The highest BCUT2D eigenvalue weighted by atomic mass is 35.5. The molecule has 0 radical (unpaired) electrons. The van der Waals surface area contributed by atoms with Gasteiger partial charge < -0.3 is 5.73 Å². The van der Waals surface area contributed by atoms with E-state index in [-0.39, 0.29) is 0 Å². The lowest BCUT2D eigenvalue weighted by Crippen LogP contribution is -1.89. The second-order valence-electron chi connectivity index (χ2n) is 3.57. The van der Waals surface area contributed by atoms with Crippen molar-refractivity contribution in [3.05, 3.63) is 34.3 Å². The summed E-state index contributed by atoms with van der Waals surface area (Å²) >= 11 is 6.16. The average molecular weight is 222 g/mol. The van der Waals surface area contributed by atoms with E-state index in [1.165, 1.54) is 5.56 Å². The van der Waals surface area contributed by atoms with Crippen molar-refractivity contribution in [2.24, 2.45) is 0 Å². The highest BCUT2D eigenvalue weighted by Crippen LogP contribution is 2.32. The van der Waals surface area contributed by atoms with Crippen molar-refractivity contribution in [1.29, 1.82) is 0 Å². The highest BCUT2D eigenvalue weighted by Gasteiger charge is 2.10. The molecule has 0 unspecified atom stereocenters. The lowest BCUT2D eigenvalue weighted by atomic mass is 10.0. The molecule has 1 heterocycles. The molecule has 2 rings (SSSR count). The Morgan fingerprint density at radius 2 is 2.07 bits per heavy atom. The van der Waals surface area contributed by atoms with Crippen LogP contribution >= 0.6 is 11.6 Å². The maximum absolute atomic E-state index is 6.16. The number of anilines is 1. The number of benzene rings is 1. The van der Waals surface area contributed by atoms with Crippen LogP contribution in [0.15, 0.2) is 18.2 Å². The van der Waals surface area contributed by atoms with Crippen LogP contribution in [0.25, 0.3) is 11.3 Å². The summed E-state index contributed by atoms with van der Waals surface area (Å²) in [6, 6.07) is 5.67. The molecular weight excluding hydrogens is 210 g/mol. The molecule has 3 N–H and O–H groups in total. The van der Waals surface area contributed by atoms with E-state index in [4.69, 9.17) is 17.3 Å². The quantitative estimate of drug-likeness (QED) is 0.778. The SMILES string of the molecule is Cc1ccc(Cl)c(-c2cc(N)n[nH]2)c1C. The number of nitrogens with two attached hydrogens (primary N) is 1. The normalized spacial score (nSPS) is 10.6. The van der Waals surface area contributed by atoms with Crippen LogP contribution in [0, 0.1) is 13.8 Å². The Balaban J connectivity index is 2.66. The minimum absolute atomic E-state index is 0.474. The number of halogens is 1. The number of aromatic nitrogens is 2. The molecule has 0 atom stereocenters. The Hall–Kier alpha value is -1.48. The van der Waals surface area contributed by atoms with Gasteiger partial charge in [0.2, 0.25) is 0 Å². The van der Waals surface area contributed by atoms with E-state index in [2.05, 4.69) is 17.1 Å². The first-order valence-corrected chi connectivity index (χ1v) is 5.04. The molecule has 0 aliphatic carbocycles. The number of aryl methyl sites for hydroxylation is 1. The third kappa shape index (κ3) is 1.70. The van der Waals surface area contributed by atoms with Crippen molar-refractivity contribution >= 4 is 17.4 Å². The van der Waals surface area contributed by atoms with Gasteiger partial charge in [-0.25, -0.2) is 0 Å². The molecule has 0 bridgehead atoms. The minimum Gasteiger partial charge on any atom is -0.382 e. The second kappa shape index (κ2) is 3.59. The van der Waals surface area contributed by atoms with Gasteiger partial charge in [-0.1, -0.05) is 17.7 Å². The number of nitrogens with zero attached hydrogens (tertiary/aromatic N) is 1. The Morgan fingerprint density at radius 1 is 1.33 bits per heavy atom. The van der Waals surface area contributed by atoms with Crippen molar-refractivity contribution in [1.82, 2.24) is 10.2 Å². The molecule has 0 aliphatic heterocycles. The monoisotopic (exact) mass is 221 g/mol. The second-order valence-corrected chi connectivity index (χ2v) is 3.98. The Kier molecular flexibility index (Phi) is 2.40. The Bertz CT molecular complexity index is 503. The zero-order valence-corrected chi connectivity index (χ0v) is 9.39. The van der Waals surface area contributed by atoms with Gasteiger partial charge in [0.1, 0.15) is 5.82 Å². The third-order valence-electron chi connectivity index (χ3n) is 2.55. The molecule has 1 aromatic carbocycles. The van der Waals surface area contributed by atoms with E-state index in [1.54, 1.807) is 6.07 Å². The smallest absolute Gasteiger partial charge is 0.145 e. The van der Waals surface area contributed by atoms with Crippen LogP contribution in [0.2, 0.25) is 5.02 Å². The first-order valence-electron chi connectivity index (χ1n) is 4.66. The van der Waals surface area contributed by atoms with Gasteiger partial charge in [0, 0.05) is 11.6 Å². The number of hydrogen-bond acceptors (Lipinski definition) is 2. The van der Waals surface area contributed by atoms with Crippen LogP contribution in [-0.4, -0.2) is 10.2 Å². The van der Waals surface area contributed by atoms with E-state index in [1.807, 2.05) is 19.1 Å². The van der Waals surface area contributed by atoms with Crippen LogP contribution in [0.5, 0.6) is 0 Å². The van der Waals surface area contributed by atoms with Gasteiger partial charge in [-0.3, -0.25) is 5.10 Å². The first kappa shape index (κ1) is 10.1. The topological polar surface area (TPSA) is 54.7 Å². The van der Waals surface area contributed by atoms with Gasteiger partial charge in [-0.05, 0) is 31.0 Å². The molecular formula is C11H12ClN3. The van der Waals surface area contributed by atoms with E-state index in [0.717, 1.165) is 16.8 Å². The number of aromatic amines is 1. The predicted molar refractivity (Wildman–Crippen MR) is 62.9 cm³/mol. The number of rotatable bonds is 1. The molecule has 0 fully saturated rings. The summed E-state index contributed by atoms with van der Waals surface area (Å²) in [7, 11) is 0. The average Bonchev–Trinajstić information content (AvgIpc) is 2.59. The van der Waals surface area contributed by atoms with Gasteiger partial charge in [-0.15, -0.1) is 0 Å². The maximum Gasteiger partial charge on any atom is 0.145 e. The molecule has 4 heteroatoms. The molecule has 1 aromatic heterocycles. The summed E-state index contributed by atoms with van der Waals surface area (Å²) in [5.41, 5.74) is 9.74. The van der Waals surface area contributed by atoms with Crippen LogP contribution in [-0.2, 0) is 0 Å². The van der Waals surface area contributed by atoms with Gasteiger partial charge in [0.05, 0.1) is 10.7 Å². The fourth-order valence-corrected chi connectivity index (χ4v) is 1.89. The summed E-state index contributed by atoms with van der Waals surface area (Å²) in [5, 5.41) is 7.48. The molecule has 0 aliphatic rings. The Labute approximate surface area is 93.3 Å². The van der Waals surface area contributed by atoms with Gasteiger partial charge >= 0.3 is 0 Å². The van der Waals surface area contributed by atoms with Crippen LogP contribution in [0.1, 0.15) is 11.1 Å². The van der Waals surface area contributed by atoms with Crippen LogP contribution < -0.4 is 5.73 Å². The van der Waals surface area contributed by atoms with Crippen LogP contribution in [0.4, 0.5) is 5.82 Å². The van der Waals surface area contributed by atoms with E-state index in [9.17, 15) is 0 Å². The summed E-state index contributed by atoms with van der Waals surface area (Å²) in [6.07, 6.45) is 0. The van der Waals surface area contributed by atoms with Gasteiger partial charge in [-0.2, -0.15) is 5.10 Å². The number of nitrogen functional groups attached to an aromatic ring is 1. The summed E-state index contributed by atoms with van der Waals surface area (Å²) in [5.74, 6) is 0.474. The van der Waals surface area contributed by atoms with Crippen LogP contribution in [0.3, 0.4) is 0 Å². The lowest BCUT2D eigenvalue weighted by molar-refractivity contribution is 1.10. The summed E-state index contributed by atoms with van der Waals surface area (Å²) in [4.78, 5) is 0. The van der Waals surface area contributed by atoms with Crippen molar-refractivity contribution < 1.29 is 0 Å². The third-order valence-corrected chi connectivity index (χ3v) is 2.87. The predicted octanol–water partition coefficient (Wildman–Crippen LogP) is 2.93. The standard InChI is InChI=1S/C11H12ClN3/c1-6-3-4-8(12)11(7(6)2)9-5-10(13)15-14-9/h3-5H,1-2H3,(H3,13,14,15). The molecule has 0 spiro atoms. The Morgan fingerprint density at radius 3 is 2.67 bits per heavy atom. The lowest BCUT2D eigenvalue weighted by Gasteiger charge is -2.08. The molecule has 15 heavy (non-hydrogen) atoms. The fourth-order valence-electron chi connectivity index (χ4n) is 1.58. The molecule has 78 valence electrons. The van der Waals surface area contributed by atoms with E-state index < -0.39 is 0 Å². The fraction of sp³-hybridized carbons (Fsp3) is 0.182. The van der Waals surface area contributed by atoms with E-state index in [0.29, 0.717) is 10.8 Å². The largest absolute Gasteiger partial charge is 0.382 e. The van der Waals surface area contributed by atoms with Crippen molar-refractivity contribution in [3.8, 4) is 11.3 Å². The summed E-state index contributed by atoms with van der Waals surface area (Å²) in [6.45, 7) is 4.09. The van der Waals surface area contributed by atoms with Crippen molar-refractivity contribution in [2.45, 2.75) is 13.8 Å². The molecule has 0 saturated heterocycles. The number of H-pyrrole nitrogens is 1. The van der Waals surface area contributed by atoms with E-state index >= 15 is 0 Å². The maximum atomic E-state index is 6.16.